The van der Waals surface area contributed by atoms with E-state index in [2.05, 4.69) is 12.3 Å². The van der Waals surface area contributed by atoms with Crippen LogP contribution in [0.3, 0.4) is 0 Å². The van der Waals surface area contributed by atoms with Crippen molar-refractivity contribution >= 4 is 0 Å². The van der Waals surface area contributed by atoms with Crippen molar-refractivity contribution in [1.29, 1.82) is 0 Å². The molecule has 0 saturated carbocycles. The van der Waals surface area contributed by atoms with Crippen LogP contribution in [0.4, 0.5) is 0 Å². The second kappa shape index (κ2) is 7.17. The summed E-state index contributed by atoms with van der Waals surface area (Å²) in [5.41, 5.74) is 2.78. The summed E-state index contributed by atoms with van der Waals surface area (Å²) in [5.74, 6) is 5.48. The lowest BCUT2D eigenvalue weighted by molar-refractivity contribution is -0.0305. The van der Waals surface area contributed by atoms with Crippen LogP contribution in [0.2, 0.25) is 0 Å². The fraction of sp³-hybridized carbons (Fsp3) is 1.00. The number of rotatable bonds is 6. The third-order valence-electron chi connectivity index (χ3n) is 2.52. The van der Waals surface area contributed by atoms with Gasteiger partial charge >= 0.3 is 0 Å². The van der Waals surface area contributed by atoms with E-state index >= 15 is 0 Å². The molecular formula is C10H22N2O2. The normalized spacial score (nSPS) is 24.9. The minimum Gasteiger partial charge on any atom is -0.380 e. The van der Waals surface area contributed by atoms with Crippen molar-refractivity contribution in [3.8, 4) is 0 Å². The Morgan fingerprint density at radius 1 is 1.57 bits per heavy atom. The summed E-state index contributed by atoms with van der Waals surface area (Å²) in [6, 6.07) is 0.141. The van der Waals surface area contributed by atoms with Crippen molar-refractivity contribution in [2.45, 2.75) is 44.8 Å². The zero-order valence-electron chi connectivity index (χ0n) is 9.00. The average Bonchev–Trinajstić information content (AvgIpc) is 2.26. The zero-order chi connectivity index (χ0) is 10.2. The Morgan fingerprint density at radius 3 is 3.00 bits per heavy atom. The molecule has 0 aromatic carbocycles. The number of nitrogens with one attached hydrogen (secondary N) is 1. The molecule has 1 aliphatic rings. The summed E-state index contributed by atoms with van der Waals surface area (Å²) >= 11 is 0. The molecule has 0 aromatic heterocycles. The SMILES string of the molecule is CCCOCC(NN)C1CCCCO1. The van der Waals surface area contributed by atoms with Crippen LogP contribution in [-0.2, 0) is 9.47 Å². The van der Waals surface area contributed by atoms with Gasteiger partial charge in [-0.25, -0.2) is 0 Å². The third-order valence-corrected chi connectivity index (χ3v) is 2.52. The second-order valence-corrected chi connectivity index (χ2v) is 3.75. The maximum atomic E-state index is 5.64. The molecule has 1 aliphatic heterocycles. The van der Waals surface area contributed by atoms with Crippen molar-refractivity contribution < 1.29 is 9.47 Å². The zero-order valence-corrected chi connectivity index (χ0v) is 9.00. The van der Waals surface area contributed by atoms with Gasteiger partial charge in [0.05, 0.1) is 18.8 Å². The lowest BCUT2D eigenvalue weighted by atomic mass is 10.0. The first-order valence-electron chi connectivity index (χ1n) is 5.54. The Kier molecular flexibility index (Phi) is 6.10. The van der Waals surface area contributed by atoms with Gasteiger partial charge in [0, 0.05) is 13.2 Å². The molecule has 0 amide bonds. The number of nitrogens with two attached hydrogens (primary N) is 1. The van der Waals surface area contributed by atoms with Gasteiger partial charge in [0.2, 0.25) is 0 Å². The van der Waals surface area contributed by atoms with E-state index in [4.69, 9.17) is 15.3 Å². The fourth-order valence-electron chi connectivity index (χ4n) is 1.70. The first kappa shape index (κ1) is 11.9. The molecule has 4 heteroatoms. The van der Waals surface area contributed by atoms with Crippen LogP contribution in [0.1, 0.15) is 32.6 Å². The van der Waals surface area contributed by atoms with Crippen LogP contribution in [0.25, 0.3) is 0 Å². The highest BCUT2D eigenvalue weighted by molar-refractivity contribution is 4.77. The quantitative estimate of drug-likeness (QED) is 0.380. The van der Waals surface area contributed by atoms with Crippen LogP contribution >= 0.6 is 0 Å². The van der Waals surface area contributed by atoms with Crippen LogP contribution in [-0.4, -0.2) is 32.0 Å². The lowest BCUT2D eigenvalue weighted by Gasteiger charge is -2.29. The predicted molar refractivity (Wildman–Crippen MR) is 55.8 cm³/mol. The van der Waals surface area contributed by atoms with Crippen molar-refractivity contribution in [2.24, 2.45) is 5.84 Å². The molecule has 2 unspecified atom stereocenters. The maximum Gasteiger partial charge on any atom is 0.0764 e. The number of ether oxygens (including phenoxy) is 2. The smallest absolute Gasteiger partial charge is 0.0764 e. The monoisotopic (exact) mass is 202 g/mol. The Hall–Kier alpha value is -0.160. The Morgan fingerprint density at radius 2 is 2.43 bits per heavy atom. The standard InChI is InChI=1S/C10H22N2O2/c1-2-6-13-8-9(12-11)10-5-3-4-7-14-10/h9-10,12H,2-8,11H2,1H3. The van der Waals surface area contributed by atoms with E-state index < -0.39 is 0 Å². The van der Waals surface area contributed by atoms with Gasteiger partial charge in [-0.1, -0.05) is 6.92 Å². The highest BCUT2D eigenvalue weighted by Crippen LogP contribution is 2.15. The Balaban J connectivity index is 2.21. The van der Waals surface area contributed by atoms with E-state index in [0.717, 1.165) is 26.1 Å². The largest absolute Gasteiger partial charge is 0.380 e. The molecule has 4 nitrogen and oxygen atoms in total. The van der Waals surface area contributed by atoms with E-state index in [1.165, 1.54) is 12.8 Å². The summed E-state index contributed by atoms with van der Waals surface area (Å²) in [4.78, 5) is 0. The van der Waals surface area contributed by atoms with Crippen molar-refractivity contribution in [2.75, 3.05) is 19.8 Å². The molecule has 3 N–H and O–H groups in total. The van der Waals surface area contributed by atoms with Gasteiger partial charge < -0.3 is 9.47 Å². The molecule has 1 heterocycles. The molecule has 2 atom stereocenters. The molecule has 0 bridgehead atoms. The second-order valence-electron chi connectivity index (χ2n) is 3.75. The van der Waals surface area contributed by atoms with E-state index in [-0.39, 0.29) is 12.1 Å². The topological polar surface area (TPSA) is 56.5 Å². The Bertz CT molecular complexity index is 138. The summed E-state index contributed by atoms with van der Waals surface area (Å²) < 4.78 is 11.1. The number of hydrazine groups is 1. The molecule has 0 aliphatic carbocycles. The highest BCUT2D eigenvalue weighted by atomic mass is 16.5. The Labute approximate surface area is 86.1 Å². The van der Waals surface area contributed by atoms with Crippen molar-refractivity contribution in [3.63, 3.8) is 0 Å². The summed E-state index contributed by atoms with van der Waals surface area (Å²) in [6.45, 7) is 4.40. The van der Waals surface area contributed by atoms with Gasteiger partial charge in [0.25, 0.3) is 0 Å². The minimum atomic E-state index is 0.141. The van der Waals surface area contributed by atoms with Gasteiger partial charge in [-0.2, -0.15) is 0 Å². The van der Waals surface area contributed by atoms with Crippen molar-refractivity contribution in [3.05, 3.63) is 0 Å². The average molecular weight is 202 g/mol. The van der Waals surface area contributed by atoms with Gasteiger partial charge in [0.15, 0.2) is 0 Å². The first-order valence-corrected chi connectivity index (χ1v) is 5.54. The van der Waals surface area contributed by atoms with Gasteiger partial charge in [0.1, 0.15) is 0 Å². The molecular weight excluding hydrogens is 180 g/mol. The molecule has 0 radical (unpaired) electrons. The molecule has 0 spiro atoms. The van der Waals surface area contributed by atoms with Crippen LogP contribution < -0.4 is 11.3 Å². The first-order chi connectivity index (χ1) is 6.88. The van der Waals surface area contributed by atoms with Gasteiger partial charge in [-0.15, -0.1) is 0 Å². The van der Waals surface area contributed by atoms with Gasteiger partial charge in [-0.05, 0) is 25.7 Å². The van der Waals surface area contributed by atoms with E-state index in [1.807, 2.05) is 0 Å². The number of hydrogen-bond donors (Lipinski definition) is 2. The molecule has 1 saturated heterocycles. The molecule has 14 heavy (non-hydrogen) atoms. The van der Waals surface area contributed by atoms with Gasteiger partial charge in [-0.3, -0.25) is 11.3 Å². The fourth-order valence-corrected chi connectivity index (χ4v) is 1.70. The molecule has 0 aromatic rings. The van der Waals surface area contributed by atoms with Crippen LogP contribution in [0.5, 0.6) is 0 Å². The van der Waals surface area contributed by atoms with E-state index in [9.17, 15) is 0 Å². The molecule has 1 rings (SSSR count). The number of hydrogen-bond acceptors (Lipinski definition) is 4. The maximum absolute atomic E-state index is 5.64. The lowest BCUT2D eigenvalue weighted by Crippen LogP contribution is -2.49. The van der Waals surface area contributed by atoms with Crippen molar-refractivity contribution in [1.82, 2.24) is 5.43 Å². The third kappa shape index (κ3) is 3.92. The predicted octanol–water partition coefficient (Wildman–Crippen LogP) is 0.814. The molecule has 1 fully saturated rings. The van der Waals surface area contributed by atoms with Crippen LogP contribution in [0.15, 0.2) is 0 Å². The van der Waals surface area contributed by atoms with Crippen LogP contribution in [0, 0.1) is 0 Å². The summed E-state index contributed by atoms with van der Waals surface area (Å²) in [5, 5.41) is 0. The van der Waals surface area contributed by atoms with E-state index in [0.29, 0.717) is 6.61 Å². The minimum absolute atomic E-state index is 0.141. The summed E-state index contributed by atoms with van der Waals surface area (Å²) in [7, 11) is 0. The van der Waals surface area contributed by atoms with E-state index in [1.54, 1.807) is 0 Å². The summed E-state index contributed by atoms with van der Waals surface area (Å²) in [6.07, 6.45) is 4.76. The molecule has 84 valence electrons. The highest BCUT2D eigenvalue weighted by Gasteiger charge is 2.23.